The van der Waals surface area contributed by atoms with E-state index < -0.39 is 17.8 Å². The van der Waals surface area contributed by atoms with E-state index in [0.29, 0.717) is 11.3 Å². The minimum Gasteiger partial charge on any atom is -0.465 e. The standard InChI is InChI=1S/C16H17NO5/c1-3-21-14(18)9-12-11-7-5-6-8-13(11)17(16(12)20)10-15(19)22-4-2/h5-9H,3-4,10H2,1-2H3/b12-9+. The minimum absolute atomic E-state index is 0.191. The predicted molar refractivity (Wildman–Crippen MR) is 80.0 cm³/mol. The SMILES string of the molecule is CCOC(=O)/C=C1/C(=O)N(CC(=O)OCC)c2ccccc21. The van der Waals surface area contributed by atoms with Gasteiger partial charge in [-0.1, -0.05) is 18.2 Å². The Balaban J connectivity index is 2.34. The Morgan fingerprint density at radius 2 is 1.82 bits per heavy atom. The lowest BCUT2D eigenvalue weighted by Gasteiger charge is -2.15. The van der Waals surface area contributed by atoms with E-state index in [4.69, 9.17) is 9.47 Å². The van der Waals surface area contributed by atoms with Crippen LogP contribution in [0.15, 0.2) is 30.3 Å². The molecule has 0 saturated heterocycles. The highest BCUT2D eigenvalue weighted by atomic mass is 16.5. The molecule has 2 rings (SSSR count). The number of esters is 2. The lowest BCUT2D eigenvalue weighted by molar-refractivity contribution is -0.142. The van der Waals surface area contributed by atoms with E-state index >= 15 is 0 Å². The highest BCUT2D eigenvalue weighted by molar-refractivity contribution is 6.35. The highest BCUT2D eigenvalue weighted by Crippen LogP contribution is 2.36. The summed E-state index contributed by atoms with van der Waals surface area (Å²) in [5, 5.41) is 0. The van der Waals surface area contributed by atoms with Crippen molar-refractivity contribution < 1.29 is 23.9 Å². The maximum Gasteiger partial charge on any atom is 0.331 e. The molecule has 6 heteroatoms. The largest absolute Gasteiger partial charge is 0.465 e. The predicted octanol–water partition coefficient (Wildman–Crippen LogP) is 1.54. The highest BCUT2D eigenvalue weighted by Gasteiger charge is 2.34. The zero-order chi connectivity index (χ0) is 16.1. The molecule has 1 aliphatic rings. The minimum atomic E-state index is -0.585. The fraction of sp³-hybridized carbons (Fsp3) is 0.312. The average molecular weight is 303 g/mol. The number of anilines is 1. The maximum atomic E-state index is 12.5. The molecule has 0 radical (unpaired) electrons. The summed E-state index contributed by atoms with van der Waals surface area (Å²) >= 11 is 0. The molecule has 22 heavy (non-hydrogen) atoms. The third-order valence-electron chi connectivity index (χ3n) is 3.10. The van der Waals surface area contributed by atoms with Gasteiger partial charge in [-0.3, -0.25) is 14.5 Å². The first-order valence-corrected chi connectivity index (χ1v) is 7.03. The van der Waals surface area contributed by atoms with Crippen LogP contribution in [0.3, 0.4) is 0 Å². The van der Waals surface area contributed by atoms with Crippen molar-refractivity contribution in [3.05, 3.63) is 35.9 Å². The molecule has 0 bridgehead atoms. The lowest BCUT2D eigenvalue weighted by atomic mass is 10.1. The van der Waals surface area contributed by atoms with Crippen LogP contribution in [0.4, 0.5) is 5.69 Å². The number of benzene rings is 1. The number of nitrogens with zero attached hydrogens (tertiary/aromatic N) is 1. The Morgan fingerprint density at radius 3 is 2.50 bits per heavy atom. The summed E-state index contributed by atoms with van der Waals surface area (Å²) in [5.41, 5.74) is 1.40. The number of carbonyl (C=O) groups is 3. The quantitative estimate of drug-likeness (QED) is 0.609. The van der Waals surface area contributed by atoms with Gasteiger partial charge in [0.25, 0.3) is 5.91 Å². The average Bonchev–Trinajstić information content (AvgIpc) is 2.74. The second kappa shape index (κ2) is 6.89. The van der Waals surface area contributed by atoms with Crippen LogP contribution in [-0.4, -0.2) is 37.6 Å². The van der Waals surface area contributed by atoms with Crippen LogP contribution >= 0.6 is 0 Å². The van der Waals surface area contributed by atoms with Gasteiger partial charge < -0.3 is 9.47 Å². The van der Waals surface area contributed by atoms with E-state index in [9.17, 15) is 14.4 Å². The van der Waals surface area contributed by atoms with Crippen molar-refractivity contribution in [3.8, 4) is 0 Å². The number of carbonyl (C=O) groups excluding carboxylic acids is 3. The van der Waals surface area contributed by atoms with Crippen molar-refractivity contribution in [1.82, 2.24) is 0 Å². The zero-order valence-electron chi connectivity index (χ0n) is 12.5. The molecule has 0 aliphatic carbocycles. The molecule has 6 nitrogen and oxygen atoms in total. The number of hydrogen-bond donors (Lipinski definition) is 0. The molecule has 116 valence electrons. The summed E-state index contributed by atoms with van der Waals surface area (Å²) in [6.07, 6.45) is 1.16. The van der Waals surface area contributed by atoms with Crippen LogP contribution in [-0.2, 0) is 23.9 Å². The molecule has 1 aliphatic heterocycles. The molecule has 1 aromatic carbocycles. The van der Waals surface area contributed by atoms with Gasteiger partial charge in [0.2, 0.25) is 0 Å². The number of rotatable bonds is 5. The van der Waals surface area contributed by atoms with Crippen LogP contribution in [0, 0.1) is 0 Å². The summed E-state index contributed by atoms with van der Waals surface area (Å²) in [4.78, 5) is 37.1. The van der Waals surface area contributed by atoms with Crippen LogP contribution in [0.1, 0.15) is 19.4 Å². The summed E-state index contributed by atoms with van der Waals surface area (Å²) in [6.45, 7) is 3.67. The van der Waals surface area contributed by atoms with Crippen molar-refractivity contribution >= 4 is 29.1 Å². The monoisotopic (exact) mass is 303 g/mol. The van der Waals surface area contributed by atoms with Crippen LogP contribution in [0.25, 0.3) is 5.57 Å². The van der Waals surface area contributed by atoms with Gasteiger partial charge in [-0.05, 0) is 19.9 Å². The Morgan fingerprint density at radius 1 is 1.14 bits per heavy atom. The van der Waals surface area contributed by atoms with Gasteiger partial charge in [-0.25, -0.2) is 4.79 Å². The van der Waals surface area contributed by atoms with Gasteiger partial charge in [0.05, 0.1) is 24.5 Å². The van der Waals surface area contributed by atoms with Crippen LogP contribution < -0.4 is 4.90 Å². The van der Waals surface area contributed by atoms with E-state index in [-0.39, 0.29) is 25.3 Å². The van der Waals surface area contributed by atoms with Crippen molar-refractivity contribution in [2.75, 3.05) is 24.7 Å². The summed E-state index contributed by atoms with van der Waals surface area (Å²) in [5.74, 6) is -1.50. The van der Waals surface area contributed by atoms with Gasteiger partial charge in [-0.15, -0.1) is 0 Å². The molecule has 0 spiro atoms. The number of amides is 1. The van der Waals surface area contributed by atoms with Crippen LogP contribution in [0.5, 0.6) is 0 Å². The molecular formula is C16H17NO5. The summed E-state index contributed by atoms with van der Waals surface area (Å²) < 4.78 is 9.72. The lowest BCUT2D eigenvalue weighted by Crippen LogP contribution is -2.33. The fourth-order valence-electron chi connectivity index (χ4n) is 2.24. The van der Waals surface area contributed by atoms with E-state index in [1.807, 2.05) is 0 Å². The van der Waals surface area contributed by atoms with Gasteiger partial charge in [0.1, 0.15) is 6.54 Å². The molecule has 1 amide bonds. The zero-order valence-corrected chi connectivity index (χ0v) is 12.5. The van der Waals surface area contributed by atoms with Crippen molar-refractivity contribution in [1.29, 1.82) is 0 Å². The first-order valence-electron chi connectivity index (χ1n) is 7.03. The number of para-hydroxylation sites is 1. The van der Waals surface area contributed by atoms with Gasteiger partial charge >= 0.3 is 11.9 Å². The normalized spacial score (nSPS) is 14.9. The molecule has 0 atom stereocenters. The topological polar surface area (TPSA) is 72.9 Å². The van der Waals surface area contributed by atoms with Gasteiger partial charge in [-0.2, -0.15) is 0 Å². The van der Waals surface area contributed by atoms with Crippen molar-refractivity contribution in [2.24, 2.45) is 0 Å². The first-order chi connectivity index (χ1) is 10.6. The number of hydrogen-bond acceptors (Lipinski definition) is 5. The molecular weight excluding hydrogens is 286 g/mol. The molecule has 0 unspecified atom stereocenters. The molecule has 0 fully saturated rings. The maximum absolute atomic E-state index is 12.5. The molecule has 0 aromatic heterocycles. The molecule has 1 aromatic rings. The number of ether oxygens (including phenoxy) is 2. The fourth-order valence-corrected chi connectivity index (χ4v) is 2.24. The van der Waals surface area contributed by atoms with Gasteiger partial charge in [0, 0.05) is 11.6 Å². The third-order valence-corrected chi connectivity index (χ3v) is 3.10. The van der Waals surface area contributed by atoms with Crippen molar-refractivity contribution in [3.63, 3.8) is 0 Å². The van der Waals surface area contributed by atoms with E-state index in [1.54, 1.807) is 38.1 Å². The summed E-state index contributed by atoms with van der Waals surface area (Å²) in [6, 6.07) is 6.97. The molecule has 0 N–H and O–H groups in total. The summed E-state index contributed by atoms with van der Waals surface area (Å²) in [7, 11) is 0. The van der Waals surface area contributed by atoms with Crippen molar-refractivity contribution in [2.45, 2.75) is 13.8 Å². The number of fused-ring (bicyclic) bond motifs is 1. The molecule has 1 heterocycles. The molecule has 0 saturated carbocycles. The second-order valence-corrected chi connectivity index (χ2v) is 4.52. The Bertz CT molecular complexity index is 635. The Labute approximate surface area is 128 Å². The smallest absolute Gasteiger partial charge is 0.331 e. The Hall–Kier alpha value is -2.63. The first kappa shape index (κ1) is 15.8. The third kappa shape index (κ3) is 3.16. The van der Waals surface area contributed by atoms with Crippen LogP contribution in [0.2, 0.25) is 0 Å². The van der Waals surface area contributed by atoms with Gasteiger partial charge in [0.15, 0.2) is 0 Å². The van der Waals surface area contributed by atoms with E-state index in [0.717, 1.165) is 6.08 Å². The van der Waals surface area contributed by atoms with E-state index in [2.05, 4.69) is 0 Å². The van der Waals surface area contributed by atoms with E-state index in [1.165, 1.54) is 4.90 Å². The Kier molecular flexibility index (Phi) is 4.93. The second-order valence-electron chi connectivity index (χ2n) is 4.52.